The van der Waals surface area contributed by atoms with Crippen LogP contribution in [0.2, 0.25) is 0 Å². The van der Waals surface area contributed by atoms with Crippen LogP contribution in [-0.4, -0.2) is 20.9 Å². The number of hydrogen-bond acceptors (Lipinski definition) is 3. The summed E-state index contributed by atoms with van der Waals surface area (Å²) < 4.78 is 2.60. The van der Waals surface area contributed by atoms with Crippen LogP contribution in [0.5, 0.6) is 0 Å². The minimum absolute atomic E-state index is 0.121. The molecule has 6 heteroatoms. The second kappa shape index (κ2) is 5.58. The van der Waals surface area contributed by atoms with E-state index in [1.165, 1.54) is 0 Å². The third kappa shape index (κ3) is 2.64. The van der Waals surface area contributed by atoms with Crippen molar-refractivity contribution in [2.45, 2.75) is 6.54 Å². The molecule has 3 aromatic rings. The van der Waals surface area contributed by atoms with E-state index in [4.69, 9.17) is 0 Å². The van der Waals surface area contributed by atoms with E-state index in [0.29, 0.717) is 0 Å². The lowest BCUT2D eigenvalue weighted by molar-refractivity contribution is -0.116. The summed E-state index contributed by atoms with van der Waals surface area (Å²) in [5.41, 5.74) is 2.45. The Balaban J connectivity index is 1.78. The van der Waals surface area contributed by atoms with Crippen LogP contribution in [0, 0.1) is 3.57 Å². The zero-order valence-corrected chi connectivity index (χ0v) is 12.6. The van der Waals surface area contributed by atoms with Crippen molar-refractivity contribution in [2.24, 2.45) is 0 Å². The standard InChI is InChI=1S/C14H11IN4O/c15-10-5-1-2-6-11(10)16-14(20)9-19-13-8-4-3-7-12(13)17-18-19/h1-8H,9H2,(H,16,20). The zero-order valence-electron chi connectivity index (χ0n) is 10.5. The topological polar surface area (TPSA) is 59.8 Å². The summed E-state index contributed by atoms with van der Waals surface area (Å²) in [5, 5.41) is 10.9. The number of nitrogens with zero attached hydrogens (tertiary/aromatic N) is 3. The van der Waals surface area contributed by atoms with Gasteiger partial charge in [0.05, 0.1) is 11.2 Å². The molecule has 0 unspecified atom stereocenters. The molecule has 0 fully saturated rings. The number of hydrogen-bond donors (Lipinski definition) is 1. The van der Waals surface area contributed by atoms with Gasteiger partial charge in [0.25, 0.3) is 0 Å². The Kier molecular flexibility index (Phi) is 3.64. The van der Waals surface area contributed by atoms with Crippen LogP contribution in [0.1, 0.15) is 0 Å². The summed E-state index contributed by atoms with van der Waals surface area (Å²) in [4.78, 5) is 12.1. The molecule has 100 valence electrons. The summed E-state index contributed by atoms with van der Waals surface area (Å²) in [6.45, 7) is 0.144. The van der Waals surface area contributed by atoms with Gasteiger partial charge in [0.1, 0.15) is 12.1 Å². The highest BCUT2D eigenvalue weighted by Crippen LogP contribution is 2.17. The highest BCUT2D eigenvalue weighted by atomic mass is 127. The largest absolute Gasteiger partial charge is 0.324 e. The number of fused-ring (bicyclic) bond motifs is 1. The predicted molar refractivity (Wildman–Crippen MR) is 85.3 cm³/mol. The summed E-state index contributed by atoms with van der Waals surface area (Å²) in [6.07, 6.45) is 0. The number of anilines is 1. The maximum absolute atomic E-state index is 12.1. The second-order valence-corrected chi connectivity index (χ2v) is 5.43. The van der Waals surface area contributed by atoms with Gasteiger partial charge in [-0.15, -0.1) is 5.10 Å². The highest BCUT2D eigenvalue weighted by molar-refractivity contribution is 14.1. The number of benzene rings is 2. The van der Waals surface area contributed by atoms with Crippen LogP contribution >= 0.6 is 22.6 Å². The first-order valence-electron chi connectivity index (χ1n) is 6.06. The van der Waals surface area contributed by atoms with E-state index in [0.717, 1.165) is 20.3 Å². The molecule has 2 aromatic carbocycles. The van der Waals surface area contributed by atoms with Gasteiger partial charge in [-0.05, 0) is 46.9 Å². The number of aromatic nitrogens is 3. The average molecular weight is 378 g/mol. The van der Waals surface area contributed by atoms with E-state index in [1.54, 1.807) is 4.68 Å². The van der Waals surface area contributed by atoms with Gasteiger partial charge in [-0.1, -0.05) is 29.5 Å². The normalized spacial score (nSPS) is 10.7. The van der Waals surface area contributed by atoms with Crippen molar-refractivity contribution in [1.29, 1.82) is 0 Å². The Morgan fingerprint density at radius 2 is 1.90 bits per heavy atom. The smallest absolute Gasteiger partial charge is 0.246 e. The molecule has 5 nitrogen and oxygen atoms in total. The highest BCUT2D eigenvalue weighted by Gasteiger charge is 2.09. The van der Waals surface area contributed by atoms with Crippen LogP contribution in [0.3, 0.4) is 0 Å². The SMILES string of the molecule is O=C(Cn1nnc2ccccc21)Nc1ccccc1I. The summed E-state index contributed by atoms with van der Waals surface area (Å²) in [7, 11) is 0. The van der Waals surface area contributed by atoms with E-state index in [1.807, 2.05) is 48.5 Å². The number of carbonyl (C=O) groups is 1. The minimum Gasteiger partial charge on any atom is -0.324 e. The summed E-state index contributed by atoms with van der Waals surface area (Å²) in [6, 6.07) is 15.2. The molecular formula is C14H11IN4O. The van der Waals surface area contributed by atoms with Crippen LogP contribution < -0.4 is 5.32 Å². The second-order valence-electron chi connectivity index (χ2n) is 4.26. The molecular weight excluding hydrogens is 367 g/mol. The van der Waals surface area contributed by atoms with E-state index in [-0.39, 0.29) is 12.5 Å². The minimum atomic E-state index is -0.121. The molecule has 1 aromatic heterocycles. The predicted octanol–water partition coefficient (Wildman–Crippen LogP) is 2.67. The van der Waals surface area contributed by atoms with Gasteiger partial charge in [-0.25, -0.2) is 4.68 Å². The van der Waals surface area contributed by atoms with Crippen molar-refractivity contribution in [3.8, 4) is 0 Å². The number of rotatable bonds is 3. The molecule has 0 spiro atoms. The van der Waals surface area contributed by atoms with Crippen molar-refractivity contribution in [1.82, 2.24) is 15.0 Å². The first kappa shape index (κ1) is 13.0. The first-order valence-corrected chi connectivity index (χ1v) is 7.14. The lowest BCUT2D eigenvalue weighted by atomic mass is 10.3. The Labute approximate surface area is 129 Å². The summed E-state index contributed by atoms with van der Waals surface area (Å²) in [5.74, 6) is -0.121. The van der Waals surface area contributed by atoms with Crippen molar-refractivity contribution in [2.75, 3.05) is 5.32 Å². The van der Waals surface area contributed by atoms with Gasteiger partial charge in [0.15, 0.2) is 0 Å². The van der Waals surface area contributed by atoms with Crippen molar-refractivity contribution >= 4 is 45.2 Å². The van der Waals surface area contributed by atoms with Crippen molar-refractivity contribution < 1.29 is 4.79 Å². The molecule has 0 radical (unpaired) electrons. The Morgan fingerprint density at radius 1 is 1.15 bits per heavy atom. The molecule has 0 saturated heterocycles. The first-order chi connectivity index (χ1) is 9.74. The van der Waals surface area contributed by atoms with E-state index >= 15 is 0 Å². The Bertz CT molecular complexity index is 768. The van der Waals surface area contributed by atoms with Crippen LogP contribution in [0.25, 0.3) is 11.0 Å². The molecule has 1 N–H and O–H groups in total. The van der Waals surface area contributed by atoms with Gasteiger partial charge in [0, 0.05) is 3.57 Å². The van der Waals surface area contributed by atoms with Gasteiger partial charge < -0.3 is 5.32 Å². The van der Waals surface area contributed by atoms with Gasteiger partial charge in [-0.2, -0.15) is 0 Å². The molecule has 1 heterocycles. The number of carbonyl (C=O) groups excluding carboxylic acids is 1. The molecule has 0 saturated carbocycles. The molecule has 3 rings (SSSR count). The fourth-order valence-electron chi connectivity index (χ4n) is 1.92. The van der Waals surface area contributed by atoms with E-state index in [2.05, 4.69) is 38.2 Å². The summed E-state index contributed by atoms with van der Waals surface area (Å²) >= 11 is 2.19. The molecule has 0 aliphatic heterocycles. The number of amides is 1. The van der Waals surface area contributed by atoms with Crippen LogP contribution in [0.15, 0.2) is 48.5 Å². The zero-order chi connectivity index (χ0) is 13.9. The van der Waals surface area contributed by atoms with Gasteiger partial charge >= 0.3 is 0 Å². The van der Waals surface area contributed by atoms with Crippen molar-refractivity contribution in [3.05, 3.63) is 52.1 Å². The van der Waals surface area contributed by atoms with E-state index in [9.17, 15) is 4.79 Å². The number of para-hydroxylation sites is 2. The third-order valence-corrected chi connectivity index (χ3v) is 3.80. The van der Waals surface area contributed by atoms with E-state index < -0.39 is 0 Å². The molecule has 20 heavy (non-hydrogen) atoms. The fraction of sp³-hybridized carbons (Fsp3) is 0.0714. The monoisotopic (exact) mass is 378 g/mol. The maximum atomic E-state index is 12.1. The quantitative estimate of drug-likeness (QED) is 0.713. The molecule has 0 aliphatic carbocycles. The van der Waals surface area contributed by atoms with Crippen LogP contribution in [-0.2, 0) is 11.3 Å². The Morgan fingerprint density at radius 3 is 2.75 bits per heavy atom. The molecule has 0 aliphatic rings. The number of nitrogens with one attached hydrogen (secondary N) is 1. The fourth-order valence-corrected chi connectivity index (χ4v) is 2.44. The molecule has 1 amide bonds. The Hall–Kier alpha value is -1.96. The van der Waals surface area contributed by atoms with Gasteiger partial charge in [-0.3, -0.25) is 4.79 Å². The lowest BCUT2D eigenvalue weighted by Gasteiger charge is -2.07. The van der Waals surface area contributed by atoms with Crippen LogP contribution in [0.4, 0.5) is 5.69 Å². The van der Waals surface area contributed by atoms with Gasteiger partial charge in [0.2, 0.25) is 5.91 Å². The average Bonchev–Trinajstić information content (AvgIpc) is 2.85. The molecule has 0 atom stereocenters. The maximum Gasteiger partial charge on any atom is 0.246 e. The lowest BCUT2D eigenvalue weighted by Crippen LogP contribution is -2.20. The third-order valence-electron chi connectivity index (χ3n) is 2.86. The van der Waals surface area contributed by atoms with Crippen molar-refractivity contribution in [3.63, 3.8) is 0 Å². The number of halogens is 1. The molecule has 0 bridgehead atoms.